The second-order valence-corrected chi connectivity index (χ2v) is 8.26. The summed E-state index contributed by atoms with van der Waals surface area (Å²) in [5, 5.41) is 9.96. The predicted octanol–water partition coefficient (Wildman–Crippen LogP) is 4.75. The van der Waals surface area contributed by atoms with E-state index in [0.29, 0.717) is 23.7 Å². The Kier molecular flexibility index (Phi) is 12.7. The summed E-state index contributed by atoms with van der Waals surface area (Å²) in [6.45, 7) is 6.86. The zero-order chi connectivity index (χ0) is 21.1. The van der Waals surface area contributed by atoms with Gasteiger partial charge in [0.25, 0.3) is 0 Å². The molecule has 1 saturated carbocycles. The van der Waals surface area contributed by atoms with E-state index in [1.54, 1.807) is 7.11 Å². The fraction of sp³-hybridized carbons (Fsp3) is 0.636. The number of amides is 1. The molecule has 0 spiro atoms. The van der Waals surface area contributed by atoms with Gasteiger partial charge in [-0.1, -0.05) is 30.5 Å². The first-order valence-electron chi connectivity index (χ1n) is 10.5. The largest absolute Gasteiger partial charge is 0.385 e. The van der Waals surface area contributed by atoms with Gasteiger partial charge < -0.3 is 20.7 Å². The second kappa shape index (κ2) is 14.1. The Bertz CT molecular complexity index is 694. The lowest BCUT2D eigenvalue weighted by atomic mass is 9.83. The summed E-state index contributed by atoms with van der Waals surface area (Å²) in [7, 11) is 1.76. The van der Waals surface area contributed by atoms with Crippen LogP contribution in [-0.4, -0.2) is 45.2 Å². The Morgan fingerprint density at radius 3 is 2.63 bits per heavy atom. The standard InChI is InChI=1S/C22H35ClN4O2.HI/c1-4-24-21(26-16-22(12-14-29-3)10-5-6-11-22)25-13-9-20(28)27-19-8-7-17(2)15-18(19)23;/h7-8,15H,4-6,9-14,16H2,1-3H3,(H,27,28)(H2,24,25,26);1H. The summed E-state index contributed by atoms with van der Waals surface area (Å²) in [5.74, 6) is 0.684. The van der Waals surface area contributed by atoms with Crippen molar-refractivity contribution in [2.24, 2.45) is 10.4 Å². The molecular formula is C22H36ClIN4O2. The molecule has 1 amide bonds. The summed E-state index contributed by atoms with van der Waals surface area (Å²) >= 11 is 6.18. The van der Waals surface area contributed by atoms with Crippen LogP contribution < -0.4 is 16.0 Å². The van der Waals surface area contributed by atoms with Crippen LogP contribution in [0.15, 0.2) is 23.2 Å². The predicted molar refractivity (Wildman–Crippen MR) is 136 cm³/mol. The van der Waals surface area contributed by atoms with Gasteiger partial charge in [0.1, 0.15) is 0 Å². The van der Waals surface area contributed by atoms with Gasteiger partial charge in [0.15, 0.2) is 5.96 Å². The zero-order valence-electron chi connectivity index (χ0n) is 18.4. The molecule has 1 fully saturated rings. The number of aryl methyl sites for hydroxylation is 1. The number of hydrogen-bond acceptors (Lipinski definition) is 3. The SMILES string of the molecule is CCNC(=NCC1(CCOC)CCCC1)NCCC(=O)Nc1ccc(C)cc1Cl.I. The number of rotatable bonds is 10. The van der Waals surface area contributed by atoms with E-state index in [-0.39, 0.29) is 35.3 Å². The topological polar surface area (TPSA) is 74.8 Å². The molecule has 6 nitrogen and oxygen atoms in total. The number of anilines is 1. The highest BCUT2D eigenvalue weighted by Gasteiger charge is 2.33. The smallest absolute Gasteiger partial charge is 0.226 e. The van der Waals surface area contributed by atoms with Crippen LogP contribution in [0.2, 0.25) is 5.02 Å². The molecule has 1 aromatic rings. The van der Waals surface area contributed by atoms with Gasteiger partial charge in [-0.25, -0.2) is 0 Å². The molecule has 8 heteroatoms. The third kappa shape index (κ3) is 8.98. The van der Waals surface area contributed by atoms with Crippen LogP contribution in [-0.2, 0) is 9.53 Å². The third-order valence-corrected chi connectivity index (χ3v) is 5.77. The molecule has 30 heavy (non-hydrogen) atoms. The molecule has 0 heterocycles. The van der Waals surface area contributed by atoms with E-state index in [9.17, 15) is 4.79 Å². The van der Waals surface area contributed by atoms with E-state index in [0.717, 1.165) is 37.6 Å². The first-order valence-corrected chi connectivity index (χ1v) is 10.9. The lowest BCUT2D eigenvalue weighted by molar-refractivity contribution is -0.116. The molecule has 0 unspecified atom stereocenters. The Morgan fingerprint density at radius 2 is 2.00 bits per heavy atom. The first-order chi connectivity index (χ1) is 14.0. The molecule has 0 aromatic heterocycles. The van der Waals surface area contributed by atoms with Gasteiger partial charge >= 0.3 is 0 Å². The maximum Gasteiger partial charge on any atom is 0.226 e. The molecule has 1 aliphatic carbocycles. The van der Waals surface area contributed by atoms with Crippen LogP contribution in [0.4, 0.5) is 5.69 Å². The molecular weight excluding hydrogens is 515 g/mol. The van der Waals surface area contributed by atoms with Gasteiger partial charge in [0, 0.05) is 39.8 Å². The number of carbonyl (C=O) groups excluding carboxylic acids is 1. The van der Waals surface area contributed by atoms with Crippen LogP contribution in [0.1, 0.15) is 51.0 Å². The summed E-state index contributed by atoms with van der Waals surface area (Å²) in [4.78, 5) is 17.1. The molecule has 2 rings (SSSR count). The third-order valence-electron chi connectivity index (χ3n) is 5.46. The minimum absolute atomic E-state index is 0. The van der Waals surface area contributed by atoms with Crippen LogP contribution in [0.3, 0.4) is 0 Å². The lowest BCUT2D eigenvalue weighted by Gasteiger charge is -2.27. The van der Waals surface area contributed by atoms with E-state index in [2.05, 4.69) is 16.0 Å². The van der Waals surface area contributed by atoms with Crippen molar-refractivity contribution in [3.8, 4) is 0 Å². The molecule has 3 N–H and O–H groups in total. The molecule has 0 bridgehead atoms. The van der Waals surface area contributed by atoms with Gasteiger partial charge in [-0.3, -0.25) is 9.79 Å². The van der Waals surface area contributed by atoms with E-state index in [4.69, 9.17) is 21.3 Å². The molecule has 1 aliphatic rings. The molecule has 1 aromatic carbocycles. The molecule has 0 saturated heterocycles. The quantitative estimate of drug-likeness (QED) is 0.223. The first kappa shape index (κ1) is 27.0. The molecule has 170 valence electrons. The number of ether oxygens (including phenoxy) is 1. The minimum Gasteiger partial charge on any atom is -0.385 e. The van der Waals surface area contributed by atoms with Crippen molar-refractivity contribution in [3.63, 3.8) is 0 Å². The zero-order valence-corrected chi connectivity index (χ0v) is 21.4. The fourth-order valence-corrected chi connectivity index (χ4v) is 4.03. The van der Waals surface area contributed by atoms with Crippen molar-refractivity contribution in [2.75, 3.05) is 38.7 Å². The summed E-state index contributed by atoms with van der Waals surface area (Å²) in [6, 6.07) is 5.60. The van der Waals surface area contributed by atoms with E-state index < -0.39 is 0 Å². The highest BCUT2D eigenvalue weighted by Crippen LogP contribution is 2.41. The van der Waals surface area contributed by atoms with Crippen molar-refractivity contribution >= 4 is 53.1 Å². The van der Waals surface area contributed by atoms with Crippen LogP contribution in [0.25, 0.3) is 0 Å². The number of benzene rings is 1. The molecule has 0 radical (unpaired) electrons. The van der Waals surface area contributed by atoms with Crippen molar-refractivity contribution < 1.29 is 9.53 Å². The Balaban J connectivity index is 0.00000450. The van der Waals surface area contributed by atoms with Crippen molar-refractivity contribution in [2.45, 2.75) is 52.4 Å². The maximum atomic E-state index is 12.2. The highest BCUT2D eigenvalue weighted by molar-refractivity contribution is 14.0. The number of hydrogen-bond donors (Lipinski definition) is 3. The van der Waals surface area contributed by atoms with Crippen LogP contribution in [0, 0.1) is 12.3 Å². The summed E-state index contributed by atoms with van der Waals surface area (Å²) < 4.78 is 5.30. The second-order valence-electron chi connectivity index (χ2n) is 7.85. The van der Waals surface area contributed by atoms with Crippen molar-refractivity contribution in [1.29, 1.82) is 0 Å². The fourth-order valence-electron chi connectivity index (χ4n) is 3.75. The van der Waals surface area contributed by atoms with Gasteiger partial charge in [0.2, 0.25) is 5.91 Å². The van der Waals surface area contributed by atoms with Gasteiger partial charge in [-0.2, -0.15) is 0 Å². The Hall–Kier alpha value is -1.06. The Morgan fingerprint density at radius 1 is 1.27 bits per heavy atom. The van der Waals surface area contributed by atoms with Gasteiger partial charge in [-0.05, 0) is 56.2 Å². The number of halogens is 2. The lowest BCUT2D eigenvalue weighted by Crippen LogP contribution is -2.39. The number of nitrogens with one attached hydrogen (secondary N) is 3. The van der Waals surface area contributed by atoms with E-state index in [1.165, 1.54) is 25.7 Å². The normalized spacial score (nSPS) is 15.4. The number of methoxy groups -OCH3 is 1. The summed E-state index contributed by atoms with van der Waals surface area (Å²) in [5.41, 5.74) is 1.95. The number of nitrogens with zero attached hydrogens (tertiary/aromatic N) is 1. The van der Waals surface area contributed by atoms with Crippen molar-refractivity contribution in [3.05, 3.63) is 28.8 Å². The highest BCUT2D eigenvalue weighted by atomic mass is 127. The average Bonchev–Trinajstić information content (AvgIpc) is 3.16. The monoisotopic (exact) mass is 550 g/mol. The number of guanidine groups is 1. The molecule has 0 aliphatic heterocycles. The maximum absolute atomic E-state index is 12.2. The Labute approximate surface area is 203 Å². The van der Waals surface area contributed by atoms with Crippen LogP contribution in [0.5, 0.6) is 0 Å². The van der Waals surface area contributed by atoms with Gasteiger partial charge in [0.05, 0.1) is 10.7 Å². The number of aliphatic imine (C=N–C) groups is 1. The summed E-state index contributed by atoms with van der Waals surface area (Å²) in [6.07, 6.45) is 6.34. The van der Waals surface area contributed by atoms with Gasteiger partial charge in [-0.15, -0.1) is 24.0 Å². The molecule has 0 atom stereocenters. The number of carbonyl (C=O) groups is 1. The van der Waals surface area contributed by atoms with Crippen LogP contribution >= 0.6 is 35.6 Å². The average molecular weight is 551 g/mol. The van der Waals surface area contributed by atoms with Crippen molar-refractivity contribution in [1.82, 2.24) is 10.6 Å². The minimum atomic E-state index is -0.0774. The van der Waals surface area contributed by atoms with E-state index in [1.807, 2.05) is 32.0 Å². The van der Waals surface area contributed by atoms with E-state index >= 15 is 0 Å².